The van der Waals surface area contributed by atoms with Crippen LogP contribution >= 0.6 is 23.8 Å². The molecule has 2 N–H and O–H groups in total. The highest BCUT2D eigenvalue weighted by Gasteiger charge is 2.02. The van der Waals surface area contributed by atoms with Gasteiger partial charge in [0, 0.05) is 6.54 Å². The first-order chi connectivity index (χ1) is 6.61. The van der Waals surface area contributed by atoms with Crippen LogP contribution in [0.3, 0.4) is 0 Å². The molecule has 0 saturated heterocycles. The van der Waals surface area contributed by atoms with Crippen LogP contribution in [0.2, 0.25) is 5.02 Å². The summed E-state index contributed by atoms with van der Waals surface area (Å²) in [7, 11) is 0. The van der Waals surface area contributed by atoms with E-state index in [1.54, 1.807) is 6.20 Å². The standard InChI is InChI=1S/C9H14ClN3S/c1-7-8(10)6-12-13(7)5-3-2-4-9(11)14/h6H,2-5H2,1H3,(H2,11,14). The summed E-state index contributed by atoms with van der Waals surface area (Å²) in [5.41, 5.74) is 6.41. The third-order valence-corrected chi connectivity index (χ3v) is 2.66. The van der Waals surface area contributed by atoms with Crippen molar-refractivity contribution in [2.45, 2.75) is 32.7 Å². The van der Waals surface area contributed by atoms with Crippen LogP contribution in [0.25, 0.3) is 0 Å². The lowest BCUT2D eigenvalue weighted by Crippen LogP contribution is -2.08. The Balaban J connectivity index is 2.31. The largest absolute Gasteiger partial charge is 0.393 e. The molecule has 0 radical (unpaired) electrons. The zero-order chi connectivity index (χ0) is 10.6. The molecule has 0 atom stereocenters. The van der Waals surface area contributed by atoms with E-state index in [9.17, 15) is 0 Å². The van der Waals surface area contributed by atoms with Crippen molar-refractivity contribution in [3.8, 4) is 0 Å². The first kappa shape index (κ1) is 11.5. The molecule has 0 unspecified atom stereocenters. The molecule has 0 bridgehead atoms. The Morgan fingerprint density at radius 1 is 1.64 bits per heavy atom. The Morgan fingerprint density at radius 3 is 2.86 bits per heavy atom. The van der Waals surface area contributed by atoms with Gasteiger partial charge in [0.05, 0.1) is 21.9 Å². The Hall–Kier alpha value is -0.610. The van der Waals surface area contributed by atoms with Crippen molar-refractivity contribution in [3.63, 3.8) is 0 Å². The van der Waals surface area contributed by atoms with Crippen LogP contribution in [-0.4, -0.2) is 14.8 Å². The van der Waals surface area contributed by atoms with E-state index >= 15 is 0 Å². The number of aromatic nitrogens is 2. The summed E-state index contributed by atoms with van der Waals surface area (Å²) < 4.78 is 1.90. The maximum atomic E-state index is 5.87. The molecule has 3 nitrogen and oxygen atoms in total. The van der Waals surface area contributed by atoms with Gasteiger partial charge in [0.15, 0.2) is 0 Å². The van der Waals surface area contributed by atoms with Crippen LogP contribution in [0, 0.1) is 6.92 Å². The molecule has 1 rings (SSSR count). The predicted octanol–water partition coefficient (Wildman–Crippen LogP) is 2.30. The Morgan fingerprint density at radius 2 is 2.36 bits per heavy atom. The van der Waals surface area contributed by atoms with Crippen LogP contribution in [0.1, 0.15) is 25.0 Å². The zero-order valence-corrected chi connectivity index (χ0v) is 9.74. The van der Waals surface area contributed by atoms with E-state index in [1.807, 2.05) is 11.6 Å². The van der Waals surface area contributed by atoms with Crippen molar-refractivity contribution in [2.75, 3.05) is 0 Å². The average Bonchev–Trinajstić information content (AvgIpc) is 2.43. The molecule has 78 valence electrons. The van der Waals surface area contributed by atoms with Gasteiger partial charge in [0.2, 0.25) is 0 Å². The van der Waals surface area contributed by atoms with Gasteiger partial charge in [-0.05, 0) is 26.2 Å². The molecule has 14 heavy (non-hydrogen) atoms. The third-order valence-electron chi connectivity index (χ3n) is 2.09. The fourth-order valence-corrected chi connectivity index (χ4v) is 1.50. The first-order valence-corrected chi connectivity index (χ1v) is 5.36. The van der Waals surface area contributed by atoms with E-state index in [4.69, 9.17) is 29.6 Å². The van der Waals surface area contributed by atoms with E-state index in [-0.39, 0.29) is 0 Å². The number of hydrogen-bond donors (Lipinski definition) is 1. The fourth-order valence-electron chi connectivity index (χ4n) is 1.21. The Bertz CT molecular complexity index is 322. The summed E-state index contributed by atoms with van der Waals surface area (Å²) in [5.74, 6) is 0. The average molecular weight is 232 g/mol. The minimum absolute atomic E-state index is 0.584. The molecule has 0 aliphatic heterocycles. The Kier molecular flexibility index (Phi) is 4.35. The van der Waals surface area contributed by atoms with Crippen LogP contribution in [0.5, 0.6) is 0 Å². The van der Waals surface area contributed by atoms with E-state index in [1.165, 1.54) is 0 Å². The number of rotatable bonds is 5. The minimum Gasteiger partial charge on any atom is -0.393 e. The maximum Gasteiger partial charge on any atom is 0.0814 e. The molecule has 1 aromatic rings. The van der Waals surface area contributed by atoms with Crippen LogP contribution < -0.4 is 5.73 Å². The molecule has 0 aliphatic carbocycles. The molecule has 0 aromatic carbocycles. The highest BCUT2D eigenvalue weighted by molar-refractivity contribution is 7.80. The zero-order valence-electron chi connectivity index (χ0n) is 8.16. The van der Waals surface area contributed by atoms with Gasteiger partial charge in [-0.15, -0.1) is 0 Å². The van der Waals surface area contributed by atoms with Crippen molar-refractivity contribution >= 4 is 28.8 Å². The van der Waals surface area contributed by atoms with Crippen molar-refractivity contribution in [1.29, 1.82) is 0 Å². The molecule has 1 heterocycles. The van der Waals surface area contributed by atoms with E-state index in [0.717, 1.165) is 36.5 Å². The van der Waals surface area contributed by atoms with Crippen molar-refractivity contribution in [1.82, 2.24) is 9.78 Å². The minimum atomic E-state index is 0.584. The van der Waals surface area contributed by atoms with Gasteiger partial charge < -0.3 is 5.73 Å². The summed E-state index contributed by atoms with van der Waals surface area (Å²) >= 11 is 10.7. The van der Waals surface area contributed by atoms with Gasteiger partial charge in [-0.3, -0.25) is 4.68 Å². The number of hydrogen-bond acceptors (Lipinski definition) is 2. The topological polar surface area (TPSA) is 43.8 Å². The van der Waals surface area contributed by atoms with E-state index in [2.05, 4.69) is 5.10 Å². The smallest absolute Gasteiger partial charge is 0.0814 e. The van der Waals surface area contributed by atoms with Crippen molar-refractivity contribution in [3.05, 3.63) is 16.9 Å². The number of thiocarbonyl (C=S) groups is 1. The number of unbranched alkanes of at least 4 members (excludes halogenated alkanes) is 1. The van der Waals surface area contributed by atoms with Gasteiger partial charge in [-0.1, -0.05) is 23.8 Å². The molecular formula is C9H14ClN3S. The molecule has 0 aliphatic rings. The second-order valence-electron chi connectivity index (χ2n) is 3.22. The Labute approximate surface area is 94.2 Å². The van der Waals surface area contributed by atoms with Gasteiger partial charge in [-0.2, -0.15) is 5.10 Å². The number of nitrogens with two attached hydrogens (primary N) is 1. The number of nitrogens with zero attached hydrogens (tertiary/aromatic N) is 2. The summed E-state index contributed by atoms with van der Waals surface area (Å²) in [5, 5.41) is 4.87. The van der Waals surface area contributed by atoms with E-state index in [0.29, 0.717) is 4.99 Å². The molecule has 0 fully saturated rings. The second-order valence-corrected chi connectivity index (χ2v) is 4.16. The highest BCUT2D eigenvalue weighted by atomic mass is 35.5. The van der Waals surface area contributed by atoms with Gasteiger partial charge in [-0.25, -0.2) is 0 Å². The quantitative estimate of drug-likeness (QED) is 0.625. The number of aryl methyl sites for hydroxylation is 1. The lowest BCUT2D eigenvalue weighted by atomic mass is 10.2. The summed E-state index contributed by atoms with van der Waals surface area (Å²) in [6.07, 6.45) is 4.51. The monoisotopic (exact) mass is 231 g/mol. The van der Waals surface area contributed by atoms with Crippen molar-refractivity contribution < 1.29 is 0 Å². The lowest BCUT2D eigenvalue weighted by molar-refractivity contribution is 0.552. The number of halogens is 1. The summed E-state index contributed by atoms with van der Waals surface area (Å²) in [4.78, 5) is 0.584. The van der Waals surface area contributed by atoms with Crippen LogP contribution in [0.4, 0.5) is 0 Å². The highest BCUT2D eigenvalue weighted by Crippen LogP contribution is 2.13. The van der Waals surface area contributed by atoms with E-state index < -0.39 is 0 Å². The van der Waals surface area contributed by atoms with Crippen LogP contribution in [0.15, 0.2) is 6.20 Å². The van der Waals surface area contributed by atoms with Crippen molar-refractivity contribution in [2.24, 2.45) is 5.73 Å². The SMILES string of the molecule is Cc1c(Cl)cnn1CCCCC(N)=S. The predicted molar refractivity (Wildman–Crippen MR) is 62.6 cm³/mol. The molecule has 0 amide bonds. The lowest BCUT2D eigenvalue weighted by Gasteiger charge is -2.03. The molecular weight excluding hydrogens is 218 g/mol. The van der Waals surface area contributed by atoms with Gasteiger partial charge in [0.1, 0.15) is 0 Å². The molecule has 0 saturated carbocycles. The summed E-state index contributed by atoms with van der Waals surface area (Å²) in [6.45, 7) is 2.84. The third kappa shape index (κ3) is 3.27. The summed E-state index contributed by atoms with van der Waals surface area (Å²) in [6, 6.07) is 0. The fraction of sp³-hybridized carbons (Fsp3) is 0.556. The van der Waals surface area contributed by atoms with Crippen LogP contribution in [-0.2, 0) is 6.54 Å². The first-order valence-electron chi connectivity index (χ1n) is 4.57. The molecule has 5 heteroatoms. The van der Waals surface area contributed by atoms with Gasteiger partial charge in [0.25, 0.3) is 0 Å². The molecule has 1 aromatic heterocycles. The molecule has 0 spiro atoms. The second kappa shape index (κ2) is 5.32. The van der Waals surface area contributed by atoms with Gasteiger partial charge >= 0.3 is 0 Å². The normalized spacial score (nSPS) is 10.4. The maximum absolute atomic E-state index is 5.87.